The predicted molar refractivity (Wildman–Crippen MR) is 84.5 cm³/mol. The molecule has 1 saturated heterocycles. The molecule has 2 rings (SSSR count). The van der Waals surface area contributed by atoms with E-state index in [2.05, 4.69) is 19.2 Å². The van der Waals surface area contributed by atoms with Crippen LogP contribution >= 0.6 is 0 Å². The molecule has 1 N–H and O–H groups in total. The molecule has 0 bridgehead atoms. The molecule has 0 spiro atoms. The average Bonchev–Trinajstić information content (AvgIpc) is 2.49. The zero-order chi connectivity index (χ0) is 15.3. The summed E-state index contributed by atoms with van der Waals surface area (Å²) in [6.07, 6.45) is 1.82. The zero-order valence-electron chi connectivity index (χ0n) is 13.3. The number of hydrogen-bond acceptors (Lipinski definition) is 3. The third kappa shape index (κ3) is 4.21. The normalized spacial score (nSPS) is 17.3. The first-order valence-corrected chi connectivity index (χ1v) is 7.67. The van der Waals surface area contributed by atoms with E-state index in [-0.39, 0.29) is 11.3 Å². The fourth-order valence-corrected chi connectivity index (χ4v) is 2.69. The number of nitrogens with zero attached hydrogens (tertiary/aromatic N) is 1. The number of carbonyl (C=O) groups is 1. The highest BCUT2D eigenvalue weighted by Crippen LogP contribution is 2.29. The maximum absolute atomic E-state index is 12.5. The summed E-state index contributed by atoms with van der Waals surface area (Å²) in [5.41, 5.74) is 0.998. The molecule has 0 atom stereocenters. The summed E-state index contributed by atoms with van der Waals surface area (Å²) in [5, 5.41) is 3.31. The third-order valence-electron chi connectivity index (χ3n) is 4.29. The topological polar surface area (TPSA) is 41.6 Å². The number of benzene rings is 1. The number of nitrogens with one attached hydrogen (secondary N) is 1. The van der Waals surface area contributed by atoms with Gasteiger partial charge in [0, 0.05) is 12.5 Å². The van der Waals surface area contributed by atoms with Crippen LogP contribution in [0, 0.1) is 12.3 Å². The van der Waals surface area contributed by atoms with Crippen molar-refractivity contribution in [2.45, 2.75) is 26.7 Å². The largest absolute Gasteiger partial charge is 0.492 e. The first-order valence-electron chi connectivity index (χ1n) is 7.67. The molecule has 21 heavy (non-hydrogen) atoms. The van der Waals surface area contributed by atoms with E-state index in [0.717, 1.165) is 31.7 Å². The molecule has 1 aliphatic heterocycles. The number of hydrogen-bond donors (Lipinski definition) is 1. The summed E-state index contributed by atoms with van der Waals surface area (Å²) < 4.78 is 5.70. The van der Waals surface area contributed by atoms with Crippen molar-refractivity contribution in [1.82, 2.24) is 10.2 Å². The Balaban J connectivity index is 1.79. The summed E-state index contributed by atoms with van der Waals surface area (Å²) in [7, 11) is 1.87. The number of aryl methyl sites for hydroxylation is 1. The van der Waals surface area contributed by atoms with Gasteiger partial charge in [-0.25, -0.2) is 0 Å². The SMILES string of the molecule is Cc1ccc(OCCN(C)C(=O)C2(C)CCNCC2)cc1. The van der Waals surface area contributed by atoms with Crippen LogP contribution in [-0.4, -0.2) is 44.1 Å². The molecule has 0 saturated carbocycles. The number of likely N-dealkylation sites (N-methyl/N-ethyl adjacent to an activating group) is 1. The summed E-state index contributed by atoms with van der Waals surface area (Å²) in [6, 6.07) is 7.98. The van der Waals surface area contributed by atoms with E-state index in [1.165, 1.54) is 5.56 Å². The van der Waals surface area contributed by atoms with Gasteiger partial charge in [-0.2, -0.15) is 0 Å². The predicted octanol–water partition coefficient (Wildman–Crippen LogP) is 2.22. The summed E-state index contributed by atoms with van der Waals surface area (Å²) in [6.45, 7) is 7.13. The second-order valence-corrected chi connectivity index (χ2v) is 6.20. The van der Waals surface area contributed by atoms with Crippen molar-refractivity contribution < 1.29 is 9.53 Å². The van der Waals surface area contributed by atoms with Gasteiger partial charge >= 0.3 is 0 Å². The third-order valence-corrected chi connectivity index (χ3v) is 4.29. The smallest absolute Gasteiger partial charge is 0.228 e. The molecule has 0 radical (unpaired) electrons. The molecule has 116 valence electrons. The van der Waals surface area contributed by atoms with Crippen LogP contribution in [0.5, 0.6) is 5.75 Å². The highest BCUT2D eigenvalue weighted by molar-refractivity contribution is 5.82. The van der Waals surface area contributed by atoms with Crippen LogP contribution in [0.25, 0.3) is 0 Å². The van der Waals surface area contributed by atoms with Crippen molar-refractivity contribution in [3.8, 4) is 5.75 Å². The zero-order valence-corrected chi connectivity index (χ0v) is 13.3. The van der Waals surface area contributed by atoms with Crippen LogP contribution in [-0.2, 0) is 4.79 Å². The first kappa shape index (κ1) is 15.8. The summed E-state index contributed by atoms with van der Waals surface area (Å²) in [4.78, 5) is 14.4. The Bertz CT molecular complexity index is 464. The maximum Gasteiger partial charge on any atom is 0.228 e. The molecule has 1 aromatic rings. The highest BCUT2D eigenvalue weighted by Gasteiger charge is 2.36. The number of rotatable bonds is 5. The Morgan fingerprint density at radius 2 is 1.90 bits per heavy atom. The monoisotopic (exact) mass is 290 g/mol. The molecule has 0 aromatic heterocycles. The van der Waals surface area contributed by atoms with Crippen molar-refractivity contribution in [2.24, 2.45) is 5.41 Å². The van der Waals surface area contributed by atoms with Gasteiger partial charge in [-0.15, -0.1) is 0 Å². The number of amides is 1. The van der Waals surface area contributed by atoms with E-state index in [4.69, 9.17) is 4.74 Å². The molecule has 1 heterocycles. The van der Waals surface area contributed by atoms with Crippen molar-refractivity contribution in [1.29, 1.82) is 0 Å². The van der Waals surface area contributed by atoms with Gasteiger partial charge < -0.3 is 15.0 Å². The summed E-state index contributed by atoms with van der Waals surface area (Å²) >= 11 is 0. The van der Waals surface area contributed by atoms with E-state index < -0.39 is 0 Å². The van der Waals surface area contributed by atoms with E-state index in [1.54, 1.807) is 4.90 Å². The van der Waals surface area contributed by atoms with E-state index in [0.29, 0.717) is 13.2 Å². The van der Waals surface area contributed by atoms with Crippen LogP contribution in [0.1, 0.15) is 25.3 Å². The molecule has 1 aliphatic rings. The second kappa shape index (κ2) is 6.94. The van der Waals surface area contributed by atoms with E-state index in [1.807, 2.05) is 31.3 Å². The lowest BCUT2D eigenvalue weighted by atomic mass is 9.80. The minimum absolute atomic E-state index is 0.218. The van der Waals surface area contributed by atoms with Crippen LogP contribution in [0.15, 0.2) is 24.3 Å². The summed E-state index contributed by atoms with van der Waals surface area (Å²) in [5.74, 6) is 1.09. The molecule has 0 unspecified atom stereocenters. The molecule has 1 fully saturated rings. The molecular weight excluding hydrogens is 264 g/mol. The first-order chi connectivity index (χ1) is 10.0. The van der Waals surface area contributed by atoms with Crippen LogP contribution in [0.3, 0.4) is 0 Å². The highest BCUT2D eigenvalue weighted by atomic mass is 16.5. The Hall–Kier alpha value is -1.55. The van der Waals surface area contributed by atoms with Gasteiger partial charge in [0.25, 0.3) is 0 Å². The Morgan fingerprint density at radius 3 is 2.52 bits per heavy atom. The minimum atomic E-state index is -0.218. The van der Waals surface area contributed by atoms with Crippen molar-refractivity contribution in [3.63, 3.8) is 0 Å². The molecule has 4 heteroatoms. The fourth-order valence-electron chi connectivity index (χ4n) is 2.69. The van der Waals surface area contributed by atoms with E-state index >= 15 is 0 Å². The standard InChI is InChI=1S/C17H26N2O2/c1-14-4-6-15(7-5-14)21-13-12-19(3)16(20)17(2)8-10-18-11-9-17/h4-7,18H,8-13H2,1-3H3. The van der Waals surface area contributed by atoms with Crippen LogP contribution in [0.4, 0.5) is 0 Å². The number of ether oxygens (including phenoxy) is 1. The van der Waals surface area contributed by atoms with Crippen LogP contribution in [0.2, 0.25) is 0 Å². The number of piperidine rings is 1. The van der Waals surface area contributed by atoms with Crippen molar-refractivity contribution in [2.75, 3.05) is 33.3 Å². The number of carbonyl (C=O) groups excluding carboxylic acids is 1. The Labute approximate surface area is 127 Å². The quantitative estimate of drug-likeness (QED) is 0.904. The molecule has 1 aromatic carbocycles. The van der Waals surface area contributed by atoms with Crippen LogP contribution < -0.4 is 10.1 Å². The van der Waals surface area contributed by atoms with Gasteiger partial charge in [-0.05, 0) is 45.0 Å². The fraction of sp³-hybridized carbons (Fsp3) is 0.588. The van der Waals surface area contributed by atoms with Gasteiger partial charge in [0.2, 0.25) is 5.91 Å². The van der Waals surface area contributed by atoms with Gasteiger partial charge in [-0.1, -0.05) is 24.6 Å². The van der Waals surface area contributed by atoms with Crippen molar-refractivity contribution in [3.05, 3.63) is 29.8 Å². The van der Waals surface area contributed by atoms with E-state index in [9.17, 15) is 4.79 Å². The van der Waals surface area contributed by atoms with Crippen molar-refractivity contribution >= 4 is 5.91 Å². The minimum Gasteiger partial charge on any atom is -0.492 e. The van der Waals surface area contributed by atoms with Gasteiger partial charge in [0.05, 0.1) is 6.54 Å². The second-order valence-electron chi connectivity index (χ2n) is 6.20. The molecule has 0 aliphatic carbocycles. The maximum atomic E-state index is 12.5. The molecular formula is C17H26N2O2. The Morgan fingerprint density at radius 1 is 1.29 bits per heavy atom. The lowest BCUT2D eigenvalue weighted by Crippen LogP contribution is -2.47. The lowest BCUT2D eigenvalue weighted by molar-refractivity contribution is -0.141. The lowest BCUT2D eigenvalue weighted by Gasteiger charge is -2.35. The average molecular weight is 290 g/mol. The van der Waals surface area contributed by atoms with Gasteiger partial charge in [0.1, 0.15) is 12.4 Å². The molecule has 1 amide bonds. The van der Waals surface area contributed by atoms with Gasteiger partial charge in [0.15, 0.2) is 0 Å². The van der Waals surface area contributed by atoms with Gasteiger partial charge in [-0.3, -0.25) is 4.79 Å². The Kier molecular flexibility index (Phi) is 5.23. The molecule has 4 nitrogen and oxygen atoms in total.